The van der Waals surface area contributed by atoms with Crippen LogP contribution in [0.3, 0.4) is 0 Å². The number of rotatable bonds is 4. The number of hydrogen-bond donors (Lipinski definition) is 1. The predicted molar refractivity (Wildman–Crippen MR) is 77.8 cm³/mol. The Labute approximate surface area is 112 Å². The third-order valence-electron chi connectivity index (χ3n) is 2.54. The zero-order chi connectivity index (χ0) is 13.5. The molecule has 0 fully saturated rings. The largest absolute Gasteiger partial charge is 0.497 e. The zero-order valence-corrected chi connectivity index (χ0v) is 10.7. The van der Waals surface area contributed by atoms with Crippen LogP contribution < -0.4 is 10.5 Å². The number of ether oxygens (including phenoxy) is 1. The van der Waals surface area contributed by atoms with Crippen molar-refractivity contribution in [2.45, 2.75) is 0 Å². The fraction of sp³-hybridized carbons (Fsp3) is 0.0667. The Morgan fingerprint density at radius 1 is 1.11 bits per heavy atom. The van der Waals surface area contributed by atoms with E-state index >= 15 is 0 Å². The third-order valence-corrected chi connectivity index (χ3v) is 2.54. The highest BCUT2D eigenvalue weighted by Gasteiger charge is 1.95. The fourth-order valence-electron chi connectivity index (χ4n) is 1.55. The van der Waals surface area contributed by atoms with E-state index in [1.54, 1.807) is 13.3 Å². The van der Waals surface area contributed by atoms with Gasteiger partial charge in [-0.15, -0.1) is 5.10 Å². The third kappa shape index (κ3) is 3.67. The molecule has 4 heteroatoms. The molecule has 2 N–H and O–H groups in total. The summed E-state index contributed by atoms with van der Waals surface area (Å²) in [6.07, 6.45) is 1.64. The zero-order valence-electron chi connectivity index (χ0n) is 10.7. The quantitative estimate of drug-likeness (QED) is 0.517. The molecule has 0 aliphatic rings. The van der Waals surface area contributed by atoms with Crippen LogP contribution in [-0.2, 0) is 0 Å². The highest BCUT2D eigenvalue weighted by molar-refractivity contribution is 5.97. The normalized spacial score (nSPS) is 11.7. The molecule has 0 amide bonds. The molecule has 0 spiro atoms. The Hall–Kier alpha value is -2.62. The Bertz CT molecular complexity index is 591. The van der Waals surface area contributed by atoms with E-state index in [0.717, 1.165) is 16.9 Å². The van der Waals surface area contributed by atoms with Crippen LogP contribution in [0.2, 0.25) is 0 Å². The second kappa shape index (κ2) is 6.35. The minimum atomic E-state index is 0.389. The van der Waals surface area contributed by atoms with Gasteiger partial charge >= 0.3 is 0 Å². The van der Waals surface area contributed by atoms with Gasteiger partial charge in [0.25, 0.3) is 0 Å². The number of methoxy groups -OCH3 is 1. The van der Waals surface area contributed by atoms with Crippen molar-refractivity contribution in [2.24, 2.45) is 15.9 Å². The Morgan fingerprint density at radius 2 is 1.89 bits per heavy atom. The first-order valence-corrected chi connectivity index (χ1v) is 5.85. The van der Waals surface area contributed by atoms with Crippen molar-refractivity contribution in [1.29, 1.82) is 0 Å². The van der Waals surface area contributed by atoms with E-state index in [9.17, 15) is 0 Å². The Morgan fingerprint density at radius 3 is 2.63 bits per heavy atom. The van der Waals surface area contributed by atoms with E-state index in [-0.39, 0.29) is 0 Å². The molecule has 2 rings (SSSR count). The number of nitrogens with two attached hydrogens (primary N) is 1. The molecule has 0 bridgehead atoms. The number of nitrogens with zero attached hydrogens (tertiary/aromatic N) is 2. The van der Waals surface area contributed by atoms with Crippen LogP contribution in [0.1, 0.15) is 11.1 Å². The second-order valence-electron chi connectivity index (χ2n) is 3.87. The van der Waals surface area contributed by atoms with E-state index in [1.807, 2.05) is 54.6 Å². The van der Waals surface area contributed by atoms with Crippen LogP contribution in [0.5, 0.6) is 5.75 Å². The molecule has 0 aliphatic carbocycles. The van der Waals surface area contributed by atoms with Crippen molar-refractivity contribution in [1.82, 2.24) is 0 Å². The molecule has 2 aromatic carbocycles. The van der Waals surface area contributed by atoms with E-state index in [1.165, 1.54) is 0 Å². The summed E-state index contributed by atoms with van der Waals surface area (Å²) in [5.74, 6) is 1.17. The molecule has 0 aliphatic heterocycles. The molecule has 2 aromatic rings. The number of hydrogen-bond acceptors (Lipinski definition) is 3. The minimum Gasteiger partial charge on any atom is -0.497 e. The van der Waals surface area contributed by atoms with Crippen molar-refractivity contribution < 1.29 is 4.74 Å². The highest BCUT2D eigenvalue weighted by atomic mass is 16.5. The number of benzene rings is 2. The lowest BCUT2D eigenvalue weighted by Crippen LogP contribution is -2.12. The van der Waals surface area contributed by atoms with Gasteiger partial charge in [0.15, 0.2) is 5.84 Å². The van der Waals surface area contributed by atoms with Crippen molar-refractivity contribution in [2.75, 3.05) is 7.11 Å². The summed E-state index contributed by atoms with van der Waals surface area (Å²) in [5, 5.41) is 7.94. The fourth-order valence-corrected chi connectivity index (χ4v) is 1.55. The molecule has 0 aromatic heterocycles. The standard InChI is InChI=1S/C15H15N3O/c1-19-14-9-5-6-12(10-14)11-17-18-15(16)13-7-3-2-4-8-13/h2-11H,1H3,(H2,16,18). The maximum absolute atomic E-state index is 5.83. The molecule has 19 heavy (non-hydrogen) atoms. The van der Waals surface area contributed by atoms with Crippen LogP contribution in [0.4, 0.5) is 0 Å². The summed E-state index contributed by atoms with van der Waals surface area (Å²) in [6, 6.07) is 17.1. The molecule has 0 unspecified atom stereocenters. The molecule has 0 heterocycles. The van der Waals surface area contributed by atoms with Crippen LogP contribution in [0, 0.1) is 0 Å². The molecule has 0 radical (unpaired) electrons. The van der Waals surface area contributed by atoms with Gasteiger partial charge in [0.2, 0.25) is 0 Å². The summed E-state index contributed by atoms with van der Waals surface area (Å²) in [4.78, 5) is 0. The first-order valence-electron chi connectivity index (χ1n) is 5.85. The van der Waals surface area contributed by atoms with E-state index < -0.39 is 0 Å². The van der Waals surface area contributed by atoms with Gasteiger partial charge in [-0.3, -0.25) is 0 Å². The lowest BCUT2D eigenvalue weighted by molar-refractivity contribution is 0.415. The minimum absolute atomic E-state index is 0.389. The van der Waals surface area contributed by atoms with E-state index in [0.29, 0.717) is 5.84 Å². The van der Waals surface area contributed by atoms with Crippen molar-refractivity contribution in [3.63, 3.8) is 0 Å². The van der Waals surface area contributed by atoms with Gasteiger partial charge in [-0.25, -0.2) is 0 Å². The van der Waals surface area contributed by atoms with Crippen LogP contribution in [0.25, 0.3) is 0 Å². The lowest BCUT2D eigenvalue weighted by Gasteiger charge is -1.99. The van der Waals surface area contributed by atoms with Gasteiger partial charge in [0.05, 0.1) is 13.3 Å². The van der Waals surface area contributed by atoms with Gasteiger partial charge in [0, 0.05) is 5.56 Å². The van der Waals surface area contributed by atoms with E-state index in [4.69, 9.17) is 10.5 Å². The molecule has 4 nitrogen and oxygen atoms in total. The van der Waals surface area contributed by atoms with Gasteiger partial charge in [-0.05, 0) is 17.7 Å². The topological polar surface area (TPSA) is 60.0 Å². The Kier molecular flexibility index (Phi) is 4.29. The molecular weight excluding hydrogens is 238 g/mol. The summed E-state index contributed by atoms with van der Waals surface area (Å²) in [7, 11) is 1.63. The van der Waals surface area contributed by atoms with Crippen molar-refractivity contribution in [3.05, 3.63) is 65.7 Å². The summed E-state index contributed by atoms with van der Waals surface area (Å²) < 4.78 is 5.13. The maximum atomic E-state index is 5.83. The maximum Gasteiger partial charge on any atom is 0.153 e. The number of amidine groups is 1. The monoisotopic (exact) mass is 253 g/mol. The van der Waals surface area contributed by atoms with Gasteiger partial charge in [-0.1, -0.05) is 42.5 Å². The molecule has 96 valence electrons. The summed E-state index contributed by atoms with van der Waals surface area (Å²) >= 11 is 0. The molecule has 0 atom stereocenters. The lowest BCUT2D eigenvalue weighted by atomic mass is 10.2. The van der Waals surface area contributed by atoms with Gasteiger partial charge < -0.3 is 10.5 Å². The van der Waals surface area contributed by atoms with Crippen LogP contribution in [0.15, 0.2) is 64.8 Å². The summed E-state index contributed by atoms with van der Waals surface area (Å²) in [5.41, 5.74) is 7.59. The summed E-state index contributed by atoms with van der Waals surface area (Å²) in [6.45, 7) is 0. The average molecular weight is 253 g/mol. The highest BCUT2D eigenvalue weighted by Crippen LogP contribution is 2.10. The van der Waals surface area contributed by atoms with Crippen molar-refractivity contribution >= 4 is 12.1 Å². The molecular formula is C15H15N3O. The second-order valence-corrected chi connectivity index (χ2v) is 3.87. The molecule has 0 saturated carbocycles. The van der Waals surface area contributed by atoms with Gasteiger partial charge in [0.1, 0.15) is 5.75 Å². The van der Waals surface area contributed by atoms with Crippen molar-refractivity contribution in [3.8, 4) is 5.75 Å². The molecule has 0 saturated heterocycles. The average Bonchev–Trinajstić information content (AvgIpc) is 2.48. The first kappa shape index (κ1) is 12.8. The Balaban J connectivity index is 2.10. The smallest absolute Gasteiger partial charge is 0.153 e. The predicted octanol–water partition coefficient (Wildman–Crippen LogP) is 2.43. The van der Waals surface area contributed by atoms with E-state index in [2.05, 4.69) is 10.2 Å². The first-order chi connectivity index (χ1) is 9.29. The van der Waals surface area contributed by atoms with Gasteiger partial charge in [-0.2, -0.15) is 5.10 Å². The van der Waals surface area contributed by atoms with Crippen LogP contribution >= 0.6 is 0 Å². The van der Waals surface area contributed by atoms with Crippen LogP contribution in [-0.4, -0.2) is 19.2 Å². The SMILES string of the molecule is COc1cccc(C=NN=C(N)c2ccccc2)c1.